The summed E-state index contributed by atoms with van der Waals surface area (Å²) in [5, 5.41) is 4.27. The molecule has 0 radical (unpaired) electrons. The second kappa shape index (κ2) is 9.09. The number of hydrogen-bond acceptors (Lipinski definition) is 6. The molecule has 3 aromatic carbocycles. The predicted octanol–water partition coefficient (Wildman–Crippen LogP) is 3.79. The minimum atomic E-state index is -3.56. The van der Waals surface area contributed by atoms with E-state index in [-0.39, 0.29) is 34.0 Å². The summed E-state index contributed by atoms with van der Waals surface area (Å²) in [6, 6.07) is 17.4. The van der Waals surface area contributed by atoms with Gasteiger partial charge < -0.3 is 10.6 Å². The van der Waals surface area contributed by atoms with Crippen LogP contribution in [0.25, 0.3) is 38.4 Å². The van der Waals surface area contributed by atoms with Gasteiger partial charge in [0.15, 0.2) is 15.4 Å². The van der Waals surface area contributed by atoms with E-state index in [1.165, 1.54) is 28.9 Å². The van der Waals surface area contributed by atoms with Gasteiger partial charge in [0.2, 0.25) is 0 Å². The predicted molar refractivity (Wildman–Crippen MR) is 137 cm³/mol. The second-order valence-corrected chi connectivity index (χ2v) is 10.2. The van der Waals surface area contributed by atoms with Gasteiger partial charge in [-0.25, -0.2) is 17.8 Å². The normalized spacial score (nSPS) is 11.5. The Morgan fingerprint density at radius 1 is 1.05 bits per heavy atom. The van der Waals surface area contributed by atoms with Crippen molar-refractivity contribution in [3.8, 4) is 22.5 Å². The minimum absolute atomic E-state index is 0.000276. The average Bonchev–Trinajstić information content (AvgIpc) is 3.28. The Balaban J connectivity index is 1.71. The van der Waals surface area contributed by atoms with Gasteiger partial charge >= 0.3 is 5.82 Å². The molecular formula is C26H19FN6O3S. The molecule has 0 amide bonds. The highest BCUT2D eigenvalue weighted by atomic mass is 32.2. The summed E-state index contributed by atoms with van der Waals surface area (Å²) >= 11 is 0. The lowest BCUT2D eigenvalue weighted by Crippen LogP contribution is -2.22. The van der Waals surface area contributed by atoms with Crippen LogP contribution >= 0.6 is 0 Å². The number of nitrogens with two attached hydrogens (primary N) is 1. The van der Waals surface area contributed by atoms with Gasteiger partial charge in [0, 0.05) is 18.4 Å². The number of sulfone groups is 1. The molecule has 5 rings (SSSR count). The number of benzene rings is 3. The molecule has 0 aliphatic heterocycles. The first-order valence-corrected chi connectivity index (χ1v) is 12.9. The quantitative estimate of drug-likeness (QED) is 0.357. The largest absolute Gasteiger partial charge is 0.357 e. The van der Waals surface area contributed by atoms with E-state index in [0.29, 0.717) is 22.4 Å². The zero-order valence-electron chi connectivity index (χ0n) is 19.5. The highest BCUT2D eigenvalue weighted by Gasteiger charge is 2.23. The number of rotatable bonds is 5. The minimum Gasteiger partial charge on any atom is -0.357 e. The first-order valence-electron chi connectivity index (χ1n) is 11.0. The average molecular weight is 515 g/mol. The fourth-order valence-corrected chi connectivity index (χ4v) is 5.11. The van der Waals surface area contributed by atoms with Crippen molar-refractivity contribution in [2.45, 2.75) is 11.4 Å². The lowest BCUT2D eigenvalue weighted by Gasteiger charge is -2.12. The number of nitrogens with zero attached hydrogens (tertiary/aromatic N) is 5. The zero-order valence-corrected chi connectivity index (χ0v) is 20.3. The van der Waals surface area contributed by atoms with Crippen LogP contribution < -0.4 is 11.3 Å². The van der Waals surface area contributed by atoms with Crippen molar-refractivity contribution in [1.29, 1.82) is 0 Å². The molecule has 0 atom stereocenters. The van der Waals surface area contributed by atoms with Crippen LogP contribution in [0.15, 0.2) is 82.7 Å². The van der Waals surface area contributed by atoms with Crippen LogP contribution in [0, 0.1) is 12.4 Å². The van der Waals surface area contributed by atoms with Crippen LogP contribution in [0.1, 0.15) is 5.56 Å². The van der Waals surface area contributed by atoms with Crippen molar-refractivity contribution in [3.05, 3.63) is 106 Å². The van der Waals surface area contributed by atoms with Crippen molar-refractivity contribution in [1.82, 2.24) is 19.3 Å². The monoisotopic (exact) mass is 514 g/mol. The van der Waals surface area contributed by atoms with E-state index < -0.39 is 21.2 Å². The van der Waals surface area contributed by atoms with E-state index in [9.17, 15) is 13.2 Å². The number of aromatic nitrogens is 4. The number of fused-ring (bicyclic) bond motifs is 1. The number of para-hydroxylation sites is 1. The van der Waals surface area contributed by atoms with Crippen molar-refractivity contribution in [3.63, 3.8) is 0 Å². The summed E-state index contributed by atoms with van der Waals surface area (Å²) < 4.78 is 42.2. The van der Waals surface area contributed by atoms with Crippen molar-refractivity contribution in [2.24, 2.45) is 5.73 Å². The van der Waals surface area contributed by atoms with Crippen molar-refractivity contribution < 1.29 is 12.8 Å². The van der Waals surface area contributed by atoms with Crippen LogP contribution in [-0.2, 0) is 16.4 Å². The third kappa shape index (κ3) is 4.08. The number of halogens is 1. The summed E-state index contributed by atoms with van der Waals surface area (Å²) in [5.74, 6) is -0.831. The van der Waals surface area contributed by atoms with E-state index in [1.54, 1.807) is 42.5 Å². The van der Waals surface area contributed by atoms with Gasteiger partial charge in [-0.15, -0.1) is 0 Å². The summed E-state index contributed by atoms with van der Waals surface area (Å²) in [4.78, 5) is 21.3. The van der Waals surface area contributed by atoms with E-state index in [2.05, 4.69) is 14.9 Å². The topological polar surface area (TPSA) is 117 Å². The summed E-state index contributed by atoms with van der Waals surface area (Å²) in [6.45, 7) is 7.63. The molecule has 37 heavy (non-hydrogen) atoms. The van der Waals surface area contributed by atoms with Crippen molar-refractivity contribution in [2.75, 3.05) is 6.26 Å². The molecule has 0 saturated carbocycles. The van der Waals surface area contributed by atoms with Crippen LogP contribution in [0.2, 0.25) is 0 Å². The van der Waals surface area contributed by atoms with Crippen molar-refractivity contribution >= 4 is 26.7 Å². The molecule has 5 aromatic rings. The lowest BCUT2D eigenvalue weighted by molar-refractivity contribution is 0.602. The van der Waals surface area contributed by atoms with Gasteiger partial charge in [0.25, 0.3) is 5.56 Å². The summed E-state index contributed by atoms with van der Waals surface area (Å²) in [5.41, 5.74) is 7.10. The maximum atomic E-state index is 15.4. The Bertz CT molecular complexity index is 1900. The van der Waals surface area contributed by atoms with E-state index >= 15 is 4.39 Å². The van der Waals surface area contributed by atoms with Crippen LogP contribution in [-0.4, -0.2) is 34.0 Å². The van der Waals surface area contributed by atoms with Gasteiger partial charge in [0.1, 0.15) is 17.7 Å². The van der Waals surface area contributed by atoms with E-state index in [0.717, 1.165) is 17.2 Å². The second-order valence-electron chi connectivity index (χ2n) is 8.23. The molecule has 0 bridgehead atoms. The first kappa shape index (κ1) is 24.1. The molecule has 0 fully saturated rings. The summed E-state index contributed by atoms with van der Waals surface area (Å²) in [7, 11) is -3.56. The molecule has 0 spiro atoms. The fourth-order valence-electron chi connectivity index (χ4n) is 4.20. The van der Waals surface area contributed by atoms with Gasteiger partial charge in [0.05, 0.1) is 16.3 Å². The van der Waals surface area contributed by atoms with Gasteiger partial charge in [-0.05, 0) is 40.5 Å². The molecule has 2 heterocycles. The SMILES string of the molecule is [C-]#[N+]c1nn(-c2ccccc2CN)c2c(=O)n(-c3ccc(-c4ccccc4S(C)(=O)=O)cc3F)cnc12. The molecule has 11 heteroatoms. The first-order chi connectivity index (χ1) is 17.7. The molecule has 0 saturated heterocycles. The molecular weight excluding hydrogens is 495 g/mol. The molecule has 0 aliphatic carbocycles. The fraction of sp³-hybridized carbons (Fsp3) is 0.0769. The molecule has 9 nitrogen and oxygen atoms in total. The molecule has 184 valence electrons. The van der Waals surface area contributed by atoms with Gasteiger partial charge in [-0.3, -0.25) is 9.36 Å². The highest BCUT2D eigenvalue weighted by molar-refractivity contribution is 7.90. The molecule has 2 N–H and O–H groups in total. The molecule has 0 unspecified atom stereocenters. The van der Waals surface area contributed by atoms with Gasteiger partial charge in [-0.1, -0.05) is 49.0 Å². The Morgan fingerprint density at radius 2 is 1.78 bits per heavy atom. The maximum Gasteiger partial charge on any atom is 0.322 e. The lowest BCUT2D eigenvalue weighted by atomic mass is 10.0. The zero-order chi connectivity index (χ0) is 26.3. The Labute approximate surface area is 211 Å². The standard InChI is InChI=1S/C26H19FN6O3S/c1-29-25-23-24(33(31-25)20-9-5-3-7-17(20)14-28)26(34)32(15-30-23)21-12-11-16(13-19(21)27)18-8-4-6-10-22(18)37(2,35)36/h3-13,15H,14,28H2,2H3. The molecule has 2 aromatic heterocycles. The third-order valence-electron chi connectivity index (χ3n) is 5.92. The smallest absolute Gasteiger partial charge is 0.322 e. The number of hydrogen-bond donors (Lipinski definition) is 1. The Hall–Kier alpha value is -4.66. The molecule has 0 aliphatic rings. The van der Waals surface area contributed by atoms with Crippen LogP contribution in [0.5, 0.6) is 0 Å². The van der Waals surface area contributed by atoms with Crippen LogP contribution in [0.4, 0.5) is 10.2 Å². The van der Waals surface area contributed by atoms with E-state index in [1.807, 2.05) is 0 Å². The maximum absolute atomic E-state index is 15.4. The third-order valence-corrected chi connectivity index (χ3v) is 7.07. The van der Waals surface area contributed by atoms with Gasteiger partial charge in [-0.2, -0.15) is 4.68 Å². The highest BCUT2D eigenvalue weighted by Crippen LogP contribution is 2.30. The van der Waals surface area contributed by atoms with Crippen LogP contribution in [0.3, 0.4) is 0 Å². The Kier molecular flexibility index (Phi) is 5.91. The summed E-state index contributed by atoms with van der Waals surface area (Å²) in [6.07, 6.45) is 2.23. The Morgan fingerprint density at radius 3 is 2.49 bits per heavy atom. The van der Waals surface area contributed by atoms with E-state index in [4.69, 9.17) is 12.3 Å².